The quantitative estimate of drug-likeness (QED) is 0.457. The number of hydrogen-bond acceptors (Lipinski definition) is 3. The summed E-state index contributed by atoms with van der Waals surface area (Å²) in [6.45, 7) is 9.52. The second-order valence-electron chi connectivity index (χ2n) is 10.1. The third-order valence-electron chi connectivity index (χ3n) is 6.73. The molecule has 1 heterocycles. The van der Waals surface area contributed by atoms with E-state index in [1.54, 1.807) is 0 Å². The molecule has 0 bridgehead atoms. The summed E-state index contributed by atoms with van der Waals surface area (Å²) < 4.78 is 0. The van der Waals surface area contributed by atoms with Gasteiger partial charge < -0.3 is 10.2 Å². The second kappa shape index (κ2) is 12.7. The molecule has 4 nitrogen and oxygen atoms in total. The van der Waals surface area contributed by atoms with Gasteiger partial charge in [0.2, 0.25) is 5.91 Å². The van der Waals surface area contributed by atoms with Crippen molar-refractivity contribution in [2.45, 2.75) is 45.8 Å². The summed E-state index contributed by atoms with van der Waals surface area (Å²) in [5.74, 6) is 0.865. The van der Waals surface area contributed by atoms with Crippen LogP contribution in [0.4, 0.5) is 0 Å². The zero-order chi connectivity index (χ0) is 24.5. The largest absolute Gasteiger partial charge is 0.339 e. The highest BCUT2D eigenvalue weighted by atomic mass is 16.2. The molecule has 0 aromatic heterocycles. The van der Waals surface area contributed by atoms with Crippen molar-refractivity contribution in [2.24, 2.45) is 5.92 Å². The van der Waals surface area contributed by atoms with E-state index in [1.807, 2.05) is 23.1 Å². The van der Waals surface area contributed by atoms with Crippen molar-refractivity contribution < 1.29 is 4.79 Å². The Morgan fingerprint density at radius 3 is 1.86 bits per heavy atom. The molecule has 0 aliphatic carbocycles. The highest BCUT2D eigenvalue weighted by Crippen LogP contribution is 2.14. The van der Waals surface area contributed by atoms with Crippen molar-refractivity contribution >= 4 is 5.91 Å². The average Bonchev–Trinajstić information content (AvgIpc) is 2.88. The Balaban J connectivity index is 1.36. The first-order valence-electron chi connectivity index (χ1n) is 13.0. The third-order valence-corrected chi connectivity index (χ3v) is 6.73. The first kappa shape index (κ1) is 25.2. The Morgan fingerprint density at radius 2 is 1.26 bits per heavy atom. The molecule has 0 radical (unpaired) electrons. The maximum Gasteiger partial charge on any atom is 0.240 e. The molecule has 35 heavy (non-hydrogen) atoms. The van der Waals surface area contributed by atoms with Crippen LogP contribution in [-0.4, -0.2) is 47.9 Å². The Hall–Kier alpha value is -2.95. The fraction of sp³-hybridized carbons (Fsp3) is 0.387. The van der Waals surface area contributed by atoms with Gasteiger partial charge in [-0.1, -0.05) is 98.8 Å². The number of amides is 1. The van der Waals surface area contributed by atoms with Gasteiger partial charge in [0.15, 0.2) is 0 Å². The van der Waals surface area contributed by atoms with E-state index in [0.717, 1.165) is 39.1 Å². The van der Waals surface area contributed by atoms with Crippen LogP contribution in [0.5, 0.6) is 0 Å². The van der Waals surface area contributed by atoms with Crippen molar-refractivity contribution in [3.8, 4) is 0 Å². The number of piperazine rings is 1. The van der Waals surface area contributed by atoms with Gasteiger partial charge >= 0.3 is 0 Å². The van der Waals surface area contributed by atoms with E-state index < -0.39 is 0 Å². The van der Waals surface area contributed by atoms with Crippen LogP contribution in [-0.2, 0) is 30.7 Å². The van der Waals surface area contributed by atoms with Crippen molar-refractivity contribution in [2.75, 3.05) is 26.2 Å². The third kappa shape index (κ3) is 7.78. The normalized spacial score (nSPS) is 15.3. The van der Waals surface area contributed by atoms with Crippen molar-refractivity contribution in [1.29, 1.82) is 0 Å². The lowest BCUT2D eigenvalue weighted by molar-refractivity contribution is -0.135. The number of nitrogens with zero attached hydrogens (tertiary/aromatic N) is 2. The van der Waals surface area contributed by atoms with Crippen LogP contribution in [0.1, 0.15) is 36.1 Å². The van der Waals surface area contributed by atoms with Gasteiger partial charge in [0, 0.05) is 39.3 Å². The van der Waals surface area contributed by atoms with E-state index in [4.69, 9.17) is 0 Å². The summed E-state index contributed by atoms with van der Waals surface area (Å²) in [5.41, 5.74) is 5.11. The second-order valence-corrected chi connectivity index (χ2v) is 10.1. The molecule has 1 amide bonds. The minimum atomic E-state index is -0.228. The zero-order valence-electron chi connectivity index (χ0n) is 21.2. The lowest BCUT2D eigenvalue weighted by Gasteiger charge is -2.36. The predicted molar refractivity (Wildman–Crippen MR) is 144 cm³/mol. The van der Waals surface area contributed by atoms with Gasteiger partial charge in [-0.2, -0.15) is 0 Å². The molecule has 1 aliphatic rings. The molecule has 3 aromatic carbocycles. The molecule has 4 rings (SSSR count). The molecule has 0 spiro atoms. The van der Waals surface area contributed by atoms with Crippen LogP contribution in [0, 0.1) is 5.92 Å². The summed E-state index contributed by atoms with van der Waals surface area (Å²) >= 11 is 0. The summed E-state index contributed by atoms with van der Waals surface area (Å²) in [6, 6.07) is 29.5. The van der Waals surface area contributed by atoms with E-state index in [0.29, 0.717) is 18.9 Å². The van der Waals surface area contributed by atoms with Gasteiger partial charge in [-0.25, -0.2) is 0 Å². The lowest BCUT2D eigenvalue weighted by Crippen LogP contribution is -2.54. The first-order valence-corrected chi connectivity index (χ1v) is 13.0. The molecule has 1 fully saturated rings. The van der Waals surface area contributed by atoms with Crippen molar-refractivity contribution in [1.82, 2.24) is 15.1 Å². The number of rotatable bonds is 10. The summed E-state index contributed by atoms with van der Waals surface area (Å²) in [5, 5.41) is 3.59. The zero-order valence-corrected chi connectivity index (χ0v) is 21.2. The molecular weight excluding hydrogens is 430 g/mol. The maximum atomic E-state index is 13.6. The molecule has 3 aromatic rings. The molecule has 184 valence electrons. The molecular formula is C31H39N3O. The van der Waals surface area contributed by atoms with Gasteiger partial charge in [0.1, 0.15) is 0 Å². The Bertz CT molecular complexity index is 1030. The smallest absolute Gasteiger partial charge is 0.240 e. The topological polar surface area (TPSA) is 35.6 Å². The Morgan fingerprint density at radius 1 is 0.714 bits per heavy atom. The molecule has 0 unspecified atom stereocenters. The number of hydrogen-bond donors (Lipinski definition) is 1. The summed E-state index contributed by atoms with van der Waals surface area (Å²) in [7, 11) is 0. The minimum absolute atomic E-state index is 0.213. The van der Waals surface area contributed by atoms with E-state index in [-0.39, 0.29) is 11.9 Å². The van der Waals surface area contributed by atoms with Crippen LogP contribution >= 0.6 is 0 Å². The summed E-state index contributed by atoms with van der Waals surface area (Å²) in [4.78, 5) is 18.1. The van der Waals surface area contributed by atoms with Gasteiger partial charge in [-0.15, -0.1) is 0 Å². The number of benzene rings is 3. The summed E-state index contributed by atoms with van der Waals surface area (Å²) in [6.07, 6.45) is 1.80. The minimum Gasteiger partial charge on any atom is -0.339 e. The van der Waals surface area contributed by atoms with Gasteiger partial charge in [-0.3, -0.25) is 9.69 Å². The molecule has 0 saturated carbocycles. The molecule has 4 heteroatoms. The van der Waals surface area contributed by atoms with Crippen LogP contribution < -0.4 is 5.32 Å². The molecule has 1 saturated heterocycles. The SMILES string of the molecule is CC(C)Cc1ccc(CN[C@@H](Cc2ccccc2)C(=O)N2CCN(Cc3ccccc3)CC2)cc1. The van der Waals surface area contributed by atoms with Gasteiger partial charge in [0.05, 0.1) is 6.04 Å². The van der Waals surface area contributed by atoms with Gasteiger partial charge in [-0.05, 0) is 41.0 Å². The van der Waals surface area contributed by atoms with E-state index in [9.17, 15) is 4.79 Å². The maximum absolute atomic E-state index is 13.6. The Labute approximate surface area is 211 Å². The van der Waals surface area contributed by atoms with E-state index in [2.05, 4.69) is 90.8 Å². The highest BCUT2D eigenvalue weighted by Gasteiger charge is 2.27. The highest BCUT2D eigenvalue weighted by molar-refractivity contribution is 5.82. The lowest BCUT2D eigenvalue weighted by atomic mass is 10.0. The average molecular weight is 470 g/mol. The van der Waals surface area contributed by atoms with Crippen LogP contribution in [0.25, 0.3) is 0 Å². The molecule has 1 atom stereocenters. The number of carbonyl (C=O) groups is 1. The molecule has 1 aliphatic heterocycles. The van der Waals surface area contributed by atoms with Crippen molar-refractivity contribution in [3.63, 3.8) is 0 Å². The predicted octanol–water partition coefficient (Wildman–Crippen LogP) is 4.93. The Kier molecular flexibility index (Phi) is 9.10. The van der Waals surface area contributed by atoms with Gasteiger partial charge in [0.25, 0.3) is 0 Å². The van der Waals surface area contributed by atoms with Crippen LogP contribution in [0.3, 0.4) is 0 Å². The number of carbonyl (C=O) groups excluding carboxylic acids is 1. The standard InChI is InChI=1S/C31H39N3O/c1-25(2)21-27-13-15-28(16-14-27)23-32-30(22-26-9-5-3-6-10-26)31(35)34-19-17-33(18-20-34)24-29-11-7-4-8-12-29/h3-16,25,30,32H,17-24H2,1-2H3/t30-/m0/s1. The first-order chi connectivity index (χ1) is 17.1. The molecule has 1 N–H and O–H groups in total. The fourth-order valence-corrected chi connectivity index (χ4v) is 4.79. The van der Waals surface area contributed by atoms with E-state index >= 15 is 0 Å². The monoisotopic (exact) mass is 469 g/mol. The van der Waals surface area contributed by atoms with Crippen LogP contribution in [0.2, 0.25) is 0 Å². The van der Waals surface area contributed by atoms with Crippen molar-refractivity contribution in [3.05, 3.63) is 107 Å². The van der Waals surface area contributed by atoms with Crippen LogP contribution in [0.15, 0.2) is 84.9 Å². The van der Waals surface area contributed by atoms with E-state index in [1.165, 1.54) is 22.3 Å². The fourth-order valence-electron chi connectivity index (χ4n) is 4.79. The number of nitrogens with one attached hydrogen (secondary N) is 1.